The van der Waals surface area contributed by atoms with Gasteiger partial charge in [0.2, 0.25) is 0 Å². The Balaban J connectivity index is 1.22. The summed E-state index contributed by atoms with van der Waals surface area (Å²) in [5.41, 5.74) is 4.40. The molecule has 4 aromatic rings. The normalized spacial score (nSPS) is 15.2. The summed E-state index contributed by atoms with van der Waals surface area (Å²) in [4.78, 5) is 31.2. The molecule has 1 N–H and O–H groups in total. The summed E-state index contributed by atoms with van der Waals surface area (Å²) in [6.45, 7) is 9.32. The van der Waals surface area contributed by atoms with Crippen molar-refractivity contribution in [2.24, 2.45) is 0 Å². The summed E-state index contributed by atoms with van der Waals surface area (Å²) in [5, 5.41) is 4.95. The van der Waals surface area contributed by atoms with Gasteiger partial charge in [0.15, 0.2) is 5.78 Å². The molecule has 0 radical (unpaired) electrons. The van der Waals surface area contributed by atoms with Crippen molar-refractivity contribution < 1.29 is 14.3 Å². The number of hydrogen-bond donors (Lipinski definition) is 1. The number of methoxy groups -OCH3 is 1. The highest BCUT2D eigenvalue weighted by molar-refractivity contribution is 6.35. The number of likely N-dealkylation sites (N-methyl/N-ethyl adjacent to an activating group) is 1. The summed E-state index contributed by atoms with van der Waals surface area (Å²) in [5.74, 6) is 0.691. The Hall–Kier alpha value is -3.36. The zero-order valence-corrected chi connectivity index (χ0v) is 27.8. The second-order valence-electron chi connectivity index (χ2n) is 11.8. The summed E-state index contributed by atoms with van der Waals surface area (Å²) < 4.78 is 7.89. The molecule has 238 valence electrons. The molecule has 1 aliphatic rings. The lowest BCUT2D eigenvalue weighted by Crippen LogP contribution is -2.42. The van der Waals surface area contributed by atoms with Crippen LogP contribution in [0.2, 0.25) is 10.0 Å². The average Bonchev–Trinajstić information content (AvgIpc) is 3.63. The van der Waals surface area contributed by atoms with E-state index in [1.807, 2.05) is 42.6 Å². The number of fused-ring (bicyclic) bond motifs is 1. The third-order valence-electron chi connectivity index (χ3n) is 8.84. The number of rotatable bonds is 14. The number of Topliss-reactive ketones (excluding diaryl/α,β-unsaturated/α-hetero) is 1. The van der Waals surface area contributed by atoms with Gasteiger partial charge in [-0.2, -0.15) is 0 Å². The standard InChI is InChI=1S/C36H42Cl2N4O3/c1-4-40(24-33(43)27-18-28(37)20-29(38)19-27)22-30-12-8-15-41(30)16-9-17-42-23-32(31-13-7-14-34(45-3)35(31)42)36(44)39-21-26-11-6-5-10-25(26)2/h5-7,10-11,13-14,18-20,23,30H,4,8-9,12,15-17,21-22,24H2,1-3H3,(H,39,44). The van der Waals surface area contributed by atoms with E-state index in [0.29, 0.717) is 40.3 Å². The highest BCUT2D eigenvalue weighted by Crippen LogP contribution is 2.31. The van der Waals surface area contributed by atoms with E-state index in [0.717, 1.165) is 79.8 Å². The molecule has 0 spiro atoms. The minimum atomic E-state index is -0.0934. The van der Waals surface area contributed by atoms with Gasteiger partial charge >= 0.3 is 0 Å². The van der Waals surface area contributed by atoms with Crippen LogP contribution in [-0.2, 0) is 13.1 Å². The Morgan fingerprint density at radius 1 is 1.04 bits per heavy atom. The Morgan fingerprint density at radius 2 is 1.82 bits per heavy atom. The molecular formula is C36H42Cl2N4O3. The van der Waals surface area contributed by atoms with Gasteiger partial charge in [-0.05, 0) is 74.7 Å². The third kappa shape index (κ3) is 8.08. The smallest absolute Gasteiger partial charge is 0.253 e. The Morgan fingerprint density at radius 3 is 2.56 bits per heavy atom. The number of aryl methyl sites for hydroxylation is 2. The molecule has 1 amide bonds. The van der Waals surface area contributed by atoms with Crippen molar-refractivity contribution in [3.05, 3.63) is 99.2 Å². The number of carbonyl (C=O) groups is 2. The second-order valence-corrected chi connectivity index (χ2v) is 12.7. The topological polar surface area (TPSA) is 66.8 Å². The van der Waals surface area contributed by atoms with E-state index < -0.39 is 0 Å². The van der Waals surface area contributed by atoms with Gasteiger partial charge in [0.1, 0.15) is 5.75 Å². The van der Waals surface area contributed by atoms with E-state index in [1.165, 1.54) is 0 Å². The number of benzene rings is 3. The van der Waals surface area contributed by atoms with Crippen LogP contribution in [0.1, 0.15) is 58.0 Å². The van der Waals surface area contributed by atoms with Crippen LogP contribution in [0.3, 0.4) is 0 Å². The maximum absolute atomic E-state index is 13.4. The molecule has 1 aliphatic heterocycles. The molecule has 1 atom stereocenters. The van der Waals surface area contributed by atoms with E-state index in [4.69, 9.17) is 27.9 Å². The summed E-state index contributed by atoms with van der Waals surface area (Å²) in [6.07, 6.45) is 5.15. The summed E-state index contributed by atoms with van der Waals surface area (Å²) in [6, 6.07) is 19.4. The number of carbonyl (C=O) groups excluding carboxylic acids is 2. The van der Waals surface area contributed by atoms with Crippen molar-refractivity contribution in [1.29, 1.82) is 0 Å². The lowest BCUT2D eigenvalue weighted by molar-refractivity contribution is 0.0907. The second kappa shape index (κ2) is 15.3. The van der Waals surface area contributed by atoms with Crippen LogP contribution in [0.25, 0.3) is 10.9 Å². The van der Waals surface area contributed by atoms with Crippen molar-refractivity contribution in [1.82, 2.24) is 19.7 Å². The molecule has 2 heterocycles. The first-order valence-electron chi connectivity index (χ1n) is 15.7. The number of nitrogens with zero attached hydrogens (tertiary/aromatic N) is 3. The molecule has 9 heteroatoms. The molecule has 0 aliphatic carbocycles. The van der Waals surface area contributed by atoms with Crippen LogP contribution in [0.4, 0.5) is 0 Å². The number of amides is 1. The number of ketones is 1. The Bertz CT molecular complexity index is 1630. The van der Waals surface area contributed by atoms with Crippen molar-refractivity contribution in [3.63, 3.8) is 0 Å². The highest BCUT2D eigenvalue weighted by Gasteiger charge is 2.27. The molecule has 1 saturated heterocycles. The molecule has 1 unspecified atom stereocenters. The van der Waals surface area contributed by atoms with Crippen LogP contribution >= 0.6 is 23.2 Å². The largest absolute Gasteiger partial charge is 0.495 e. The number of likely N-dealkylation sites (tertiary alicyclic amines) is 1. The molecule has 3 aromatic carbocycles. The molecule has 1 fully saturated rings. The minimum Gasteiger partial charge on any atom is -0.495 e. The van der Waals surface area contributed by atoms with Gasteiger partial charge in [-0.3, -0.25) is 19.4 Å². The highest BCUT2D eigenvalue weighted by atomic mass is 35.5. The summed E-state index contributed by atoms with van der Waals surface area (Å²) in [7, 11) is 1.67. The van der Waals surface area contributed by atoms with Gasteiger partial charge in [-0.15, -0.1) is 0 Å². The van der Waals surface area contributed by atoms with Gasteiger partial charge in [-0.25, -0.2) is 0 Å². The average molecular weight is 650 g/mol. The molecular weight excluding hydrogens is 607 g/mol. The number of para-hydroxylation sites is 1. The molecule has 0 saturated carbocycles. The van der Waals surface area contributed by atoms with E-state index >= 15 is 0 Å². The Kier molecular flexibility index (Phi) is 11.2. The van der Waals surface area contributed by atoms with Crippen molar-refractivity contribution in [3.8, 4) is 5.75 Å². The molecule has 45 heavy (non-hydrogen) atoms. The maximum Gasteiger partial charge on any atom is 0.253 e. The van der Waals surface area contributed by atoms with Crippen LogP contribution < -0.4 is 10.1 Å². The quantitative estimate of drug-likeness (QED) is 0.146. The van der Waals surface area contributed by atoms with Crippen LogP contribution in [0.5, 0.6) is 5.75 Å². The zero-order chi connectivity index (χ0) is 31.9. The van der Waals surface area contributed by atoms with Crippen molar-refractivity contribution in [2.45, 2.75) is 52.2 Å². The molecule has 1 aromatic heterocycles. The van der Waals surface area contributed by atoms with Gasteiger partial charge in [-0.1, -0.05) is 66.5 Å². The van der Waals surface area contributed by atoms with E-state index in [9.17, 15) is 9.59 Å². The van der Waals surface area contributed by atoms with Gasteiger partial charge in [0.25, 0.3) is 5.91 Å². The monoisotopic (exact) mass is 648 g/mol. The van der Waals surface area contributed by atoms with Crippen LogP contribution in [0.15, 0.2) is 66.9 Å². The van der Waals surface area contributed by atoms with Gasteiger partial charge in [0.05, 0.1) is 24.7 Å². The number of nitrogens with one attached hydrogen (secondary N) is 1. The SMILES string of the molecule is CCN(CC(=O)c1cc(Cl)cc(Cl)c1)CC1CCCN1CCCn1cc(C(=O)NCc2ccccc2C)c2cccc(OC)c21. The van der Waals surface area contributed by atoms with Crippen molar-refractivity contribution >= 4 is 45.8 Å². The number of ether oxygens (including phenoxy) is 1. The zero-order valence-electron chi connectivity index (χ0n) is 26.3. The fraction of sp³-hybridized carbons (Fsp3) is 0.389. The Labute approximate surface area is 276 Å². The van der Waals surface area contributed by atoms with Crippen LogP contribution in [-0.4, -0.2) is 71.9 Å². The fourth-order valence-corrected chi connectivity index (χ4v) is 6.91. The fourth-order valence-electron chi connectivity index (χ4n) is 6.38. The maximum atomic E-state index is 13.4. The van der Waals surface area contributed by atoms with Crippen LogP contribution in [0, 0.1) is 6.92 Å². The van der Waals surface area contributed by atoms with E-state index in [-0.39, 0.29) is 11.7 Å². The van der Waals surface area contributed by atoms with E-state index in [1.54, 1.807) is 25.3 Å². The van der Waals surface area contributed by atoms with Gasteiger partial charge in [0, 0.05) is 59.4 Å². The third-order valence-corrected chi connectivity index (χ3v) is 9.27. The predicted octanol–water partition coefficient (Wildman–Crippen LogP) is 7.25. The van der Waals surface area contributed by atoms with Crippen molar-refractivity contribution in [2.75, 3.05) is 39.8 Å². The van der Waals surface area contributed by atoms with Gasteiger partial charge < -0.3 is 14.6 Å². The molecule has 5 rings (SSSR count). The first-order valence-corrected chi connectivity index (χ1v) is 16.5. The lowest BCUT2D eigenvalue weighted by Gasteiger charge is -2.30. The minimum absolute atomic E-state index is 0.0259. The summed E-state index contributed by atoms with van der Waals surface area (Å²) >= 11 is 12.3. The predicted molar refractivity (Wildman–Crippen MR) is 183 cm³/mol. The number of halogens is 2. The lowest BCUT2D eigenvalue weighted by atomic mass is 10.1. The first-order chi connectivity index (χ1) is 21.8. The first kappa shape index (κ1) is 33.0. The molecule has 0 bridgehead atoms. The number of aromatic nitrogens is 1. The molecule has 7 nitrogen and oxygen atoms in total. The van der Waals surface area contributed by atoms with E-state index in [2.05, 4.69) is 39.6 Å². The number of hydrogen-bond acceptors (Lipinski definition) is 5.